The van der Waals surface area contributed by atoms with Gasteiger partial charge in [0.25, 0.3) is 5.91 Å². The number of halogens is 4. The summed E-state index contributed by atoms with van der Waals surface area (Å²) >= 11 is 24.4. The Hall–Kier alpha value is -2.70. The van der Waals surface area contributed by atoms with Crippen LogP contribution in [-0.2, 0) is 4.79 Å². The van der Waals surface area contributed by atoms with Crippen LogP contribution in [-0.4, -0.2) is 12.0 Å². The minimum atomic E-state index is -1.08. The molecule has 1 aromatic heterocycles. The van der Waals surface area contributed by atoms with E-state index in [2.05, 4.69) is 5.32 Å². The Morgan fingerprint density at radius 1 is 0.939 bits per heavy atom. The smallest absolute Gasteiger partial charge is 0.265 e. The van der Waals surface area contributed by atoms with Crippen molar-refractivity contribution in [1.29, 1.82) is 0 Å². The predicted molar refractivity (Wildman–Crippen MR) is 133 cm³/mol. The number of fused-ring (bicyclic) bond motifs is 1. The lowest BCUT2D eigenvalue weighted by Crippen LogP contribution is -2.31. The molecule has 0 saturated carbocycles. The van der Waals surface area contributed by atoms with E-state index in [4.69, 9.17) is 55.6 Å². The average molecular weight is 523 g/mol. The average Bonchev–Trinajstić information content (AvgIpc) is 2.75. The molecule has 0 aliphatic heterocycles. The van der Waals surface area contributed by atoms with E-state index in [-0.39, 0.29) is 16.9 Å². The topological polar surface area (TPSA) is 68.5 Å². The fourth-order valence-corrected chi connectivity index (χ4v) is 4.10. The molecule has 0 aliphatic rings. The first-order valence-corrected chi connectivity index (χ1v) is 11.2. The van der Waals surface area contributed by atoms with Crippen LogP contribution in [0, 0.1) is 0 Å². The summed E-state index contributed by atoms with van der Waals surface area (Å²) in [5, 5.41) is 4.31. The standard InChI is InChI=1S/C24H15Cl4NO4/c1-12(24(31)29-16-9-14(26)8-15(27)10-16)32-23-21(30)18-11-13(25)6-7-20(18)33-22(23)17-4-2-3-5-19(17)28/h2-12H,1H3,(H,29,31)/t12-/m0/s1. The summed E-state index contributed by atoms with van der Waals surface area (Å²) in [6.45, 7) is 1.50. The van der Waals surface area contributed by atoms with Crippen molar-refractivity contribution >= 4 is 69.0 Å². The number of ether oxygens (including phenoxy) is 1. The Morgan fingerprint density at radius 2 is 1.64 bits per heavy atom. The molecule has 0 unspecified atom stereocenters. The summed E-state index contributed by atoms with van der Waals surface area (Å²) in [7, 11) is 0. The van der Waals surface area contributed by atoms with Crippen molar-refractivity contribution in [2.45, 2.75) is 13.0 Å². The number of amides is 1. The largest absolute Gasteiger partial charge is 0.473 e. The van der Waals surface area contributed by atoms with Gasteiger partial charge in [-0.25, -0.2) is 0 Å². The molecule has 1 atom stereocenters. The summed E-state index contributed by atoms with van der Waals surface area (Å²) < 4.78 is 11.8. The van der Waals surface area contributed by atoms with Crippen molar-refractivity contribution in [2.75, 3.05) is 5.32 Å². The van der Waals surface area contributed by atoms with E-state index in [0.717, 1.165) is 0 Å². The number of benzene rings is 3. The third-order valence-electron chi connectivity index (χ3n) is 4.72. The van der Waals surface area contributed by atoms with Crippen LogP contribution in [0.3, 0.4) is 0 Å². The second-order valence-electron chi connectivity index (χ2n) is 7.12. The molecule has 4 rings (SSSR count). The number of anilines is 1. The van der Waals surface area contributed by atoms with Gasteiger partial charge in [0.05, 0.1) is 10.4 Å². The second-order valence-corrected chi connectivity index (χ2v) is 8.83. The van der Waals surface area contributed by atoms with Crippen molar-refractivity contribution in [3.63, 3.8) is 0 Å². The maximum atomic E-state index is 13.3. The molecule has 3 aromatic carbocycles. The van der Waals surface area contributed by atoms with Crippen LogP contribution in [0.15, 0.2) is 69.9 Å². The minimum Gasteiger partial charge on any atom is -0.473 e. The summed E-state index contributed by atoms with van der Waals surface area (Å²) in [6, 6.07) is 16.1. The number of hydrogen-bond donors (Lipinski definition) is 1. The first-order valence-electron chi connectivity index (χ1n) is 9.68. The maximum Gasteiger partial charge on any atom is 0.265 e. The van der Waals surface area contributed by atoms with Gasteiger partial charge in [-0.1, -0.05) is 58.5 Å². The molecule has 1 N–H and O–H groups in total. The molecule has 4 aromatic rings. The third-order valence-corrected chi connectivity index (χ3v) is 5.72. The molecule has 0 bridgehead atoms. The van der Waals surface area contributed by atoms with E-state index in [1.54, 1.807) is 54.6 Å². The van der Waals surface area contributed by atoms with Gasteiger partial charge >= 0.3 is 0 Å². The van der Waals surface area contributed by atoms with Gasteiger partial charge in [-0.3, -0.25) is 9.59 Å². The molecular weight excluding hydrogens is 508 g/mol. The van der Waals surface area contributed by atoms with E-state index in [1.807, 2.05) is 0 Å². The highest BCUT2D eigenvalue weighted by atomic mass is 35.5. The summed E-state index contributed by atoms with van der Waals surface area (Å²) in [5.74, 6) is -0.584. The van der Waals surface area contributed by atoms with Crippen LogP contribution < -0.4 is 15.5 Å². The van der Waals surface area contributed by atoms with Crippen LogP contribution in [0.5, 0.6) is 5.75 Å². The number of carbonyl (C=O) groups is 1. The lowest BCUT2D eigenvalue weighted by Gasteiger charge is -2.17. The van der Waals surface area contributed by atoms with Gasteiger partial charge < -0.3 is 14.5 Å². The molecule has 1 amide bonds. The SMILES string of the molecule is C[C@H](Oc1c(-c2ccccc2Cl)oc2ccc(Cl)cc2c1=O)C(=O)Nc1cc(Cl)cc(Cl)c1. The van der Waals surface area contributed by atoms with Gasteiger partial charge in [-0.15, -0.1) is 0 Å². The van der Waals surface area contributed by atoms with Gasteiger partial charge in [-0.2, -0.15) is 0 Å². The second kappa shape index (κ2) is 9.65. The summed E-state index contributed by atoms with van der Waals surface area (Å²) in [6.07, 6.45) is -1.08. The molecule has 33 heavy (non-hydrogen) atoms. The number of rotatable bonds is 5. The van der Waals surface area contributed by atoms with Gasteiger partial charge in [0.2, 0.25) is 11.2 Å². The van der Waals surface area contributed by atoms with Gasteiger partial charge in [-0.05, 0) is 55.5 Å². The van der Waals surface area contributed by atoms with E-state index >= 15 is 0 Å². The maximum absolute atomic E-state index is 13.3. The van der Waals surface area contributed by atoms with E-state index in [0.29, 0.717) is 36.9 Å². The zero-order chi connectivity index (χ0) is 23.7. The third kappa shape index (κ3) is 5.12. The summed E-state index contributed by atoms with van der Waals surface area (Å²) in [4.78, 5) is 26.1. The van der Waals surface area contributed by atoms with Gasteiger partial charge in [0.1, 0.15) is 5.58 Å². The van der Waals surface area contributed by atoms with E-state index in [9.17, 15) is 9.59 Å². The fraction of sp³-hybridized carbons (Fsp3) is 0.0833. The first kappa shape index (κ1) is 23.5. The normalized spacial score (nSPS) is 11.9. The Morgan fingerprint density at radius 3 is 2.33 bits per heavy atom. The first-order chi connectivity index (χ1) is 15.7. The lowest BCUT2D eigenvalue weighted by molar-refractivity contribution is -0.122. The number of hydrogen-bond acceptors (Lipinski definition) is 4. The van der Waals surface area contributed by atoms with Crippen molar-refractivity contribution in [1.82, 2.24) is 0 Å². The molecule has 0 spiro atoms. The van der Waals surface area contributed by atoms with Crippen LogP contribution in [0.25, 0.3) is 22.3 Å². The molecule has 9 heteroatoms. The monoisotopic (exact) mass is 521 g/mol. The molecule has 0 radical (unpaired) electrons. The zero-order valence-electron chi connectivity index (χ0n) is 17.0. The van der Waals surface area contributed by atoms with Gasteiger partial charge in [0.15, 0.2) is 11.9 Å². The highest BCUT2D eigenvalue weighted by Gasteiger charge is 2.24. The fourth-order valence-electron chi connectivity index (χ4n) is 3.18. The highest BCUT2D eigenvalue weighted by Crippen LogP contribution is 2.36. The van der Waals surface area contributed by atoms with Crippen LogP contribution in [0.2, 0.25) is 20.1 Å². The van der Waals surface area contributed by atoms with Gasteiger partial charge in [0, 0.05) is 26.3 Å². The van der Waals surface area contributed by atoms with Crippen molar-refractivity contribution < 1.29 is 13.9 Å². The Labute approximate surface area is 208 Å². The molecule has 0 aliphatic carbocycles. The molecule has 0 saturated heterocycles. The summed E-state index contributed by atoms with van der Waals surface area (Å²) in [5.41, 5.74) is 0.644. The molecule has 168 valence electrons. The molecule has 5 nitrogen and oxygen atoms in total. The lowest BCUT2D eigenvalue weighted by atomic mass is 10.1. The molecule has 0 fully saturated rings. The predicted octanol–water partition coefficient (Wildman–Crippen LogP) is 7.48. The Balaban J connectivity index is 1.76. The van der Waals surface area contributed by atoms with Crippen molar-refractivity contribution in [2.24, 2.45) is 0 Å². The zero-order valence-corrected chi connectivity index (χ0v) is 20.0. The number of carbonyl (C=O) groups excluding carboxylic acids is 1. The molecular formula is C24H15Cl4NO4. The molecule has 1 heterocycles. The van der Waals surface area contributed by atoms with E-state index < -0.39 is 17.4 Å². The van der Waals surface area contributed by atoms with Crippen molar-refractivity contribution in [3.8, 4) is 17.1 Å². The van der Waals surface area contributed by atoms with E-state index in [1.165, 1.54) is 13.0 Å². The minimum absolute atomic E-state index is 0.103. The van der Waals surface area contributed by atoms with Crippen LogP contribution in [0.4, 0.5) is 5.69 Å². The number of nitrogens with one attached hydrogen (secondary N) is 1. The quantitative estimate of drug-likeness (QED) is 0.295. The highest BCUT2D eigenvalue weighted by molar-refractivity contribution is 6.35. The van der Waals surface area contributed by atoms with Crippen LogP contribution in [0.1, 0.15) is 6.92 Å². The Kier molecular flexibility index (Phi) is 6.86. The van der Waals surface area contributed by atoms with Crippen molar-refractivity contribution in [3.05, 3.63) is 91.0 Å². The van der Waals surface area contributed by atoms with Crippen LogP contribution >= 0.6 is 46.4 Å². The Bertz CT molecular complexity index is 1410.